The number of amides is 3. The molecule has 3 aromatic carbocycles. The van der Waals surface area contributed by atoms with Gasteiger partial charge in [-0.25, -0.2) is 0 Å². The van der Waals surface area contributed by atoms with Crippen molar-refractivity contribution < 1.29 is 27.6 Å². The number of hydrogen-bond acceptors (Lipinski definition) is 4. The molecule has 7 nitrogen and oxygen atoms in total. The zero-order chi connectivity index (χ0) is 34.1. The Hall–Kier alpha value is -4.99. The van der Waals surface area contributed by atoms with E-state index < -0.39 is 11.7 Å². The molecule has 3 aliphatic rings. The number of benzene rings is 3. The SMILES string of the molecule is O=C1CCCCN1c1cc(N2CCCCC2=O)c(N2CCCCC2=O)cc1-c1ccc(-c2ccc(-c3ccccc3C(F)(F)F)nc2)cc1. The molecule has 0 unspecified atom stereocenters. The number of piperidine rings is 3. The lowest BCUT2D eigenvalue weighted by atomic mass is 9.95. The van der Waals surface area contributed by atoms with E-state index in [0.717, 1.165) is 66.8 Å². The number of aromatic nitrogens is 1. The zero-order valence-electron chi connectivity index (χ0n) is 27.1. The molecule has 3 aliphatic heterocycles. The molecule has 0 spiro atoms. The van der Waals surface area contributed by atoms with Gasteiger partial charge in [0.15, 0.2) is 0 Å². The number of pyridine rings is 1. The van der Waals surface area contributed by atoms with E-state index in [2.05, 4.69) is 4.98 Å². The van der Waals surface area contributed by atoms with Gasteiger partial charge >= 0.3 is 6.18 Å². The minimum Gasteiger partial charge on any atom is -0.312 e. The van der Waals surface area contributed by atoms with Crippen LogP contribution in [-0.2, 0) is 20.6 Å². The van der Waals surface area contributed by atoms with Crippen LogP contribution in [0.5, 0.6) is 0 Å². The molecule has 49 heavy (non-hydrogen) atoms. The highest BCUT2D eigenvalue weighted by molar-refractivity contribution is 6.07. The fourth-order valence-electron chi connectivity index (χ4n) is 7.15. The van der Waals surface area contributed by atoms with Crippen LogP contribution in [0.3, 0.4) is 0 Å². The molecule has 3 saturated heterocycles. The zero-order valence-corrected chi connectivity index (χ0v) is 27.1. The van der Waals surface area contributed by atoms with Gasteiger partial charge in [0.05, 0.1) is 28.3 Å². The van der Waals surface area contributed by atoms with Crippen LogP contribution in [0.1, 0.15) is 63.4 Å². The number of nitrogens with zero attached hydrogens (tertiary/aromatic N) is 4. The van der Waals surface area contributed by atoms with Crippen molar-refractivity contribution in [2.45, 2.75) is 64.0 Å². The van der Waals surface area contributed by atoms with E-state index >= 15 is 0 Å². The third kappa shape index (κ3) is 6.56. The summed E-state index contributed by atoms with van der Waals surface area (Å²) in [6, 6.07) is 20.4. The normalized spacial score (nSPS) is 17.5. The fourth-order valence-corrected chi connectivity index (χ4v) is 7.15. The highest BCUT2D eigenvalue weighted by atomic mass is 19.4. The molecule has 252 valence electrons. The first kappa shape index (κ1) is 32.6. The van der Waals surface area contributed by atoms with E-state index in [-0.39, 0.29) is 29.0 Å². The van der Waals surface area contributed by atoms with Gasteiger partial charge < -0.3 is 14.7 Å². The molecule has 4 heterocycles. The summed E-state index contributed by atoms with van der Waals surface area (Å²) in [5.74, 6) is 0.0699. The van der Waals surface area contributed by atoms with Crippen LogP contribution in [0.15, 0.2) is 79.0 Å². The molecule has 4 aromatic rings. The molecule has 0 aliphatic carbocycles. The van der Waals surface area contributed by atoms with Crippen molar-refractivity contribution in [3.8, 4) is 33.5 Å². The average molecular weight is 667 g/mol. The van der Waals surface area contributed by atoms with Gasteiger partial charge in [0, 0.05) is 61.8 Å². The van der Waals surface area contributed by atoms with Crippen molar-refractivity contribution in [3.63, 3.8) is 0 Å². The quantitative estimate of drug-likeness (QED) is 0.207. The number of halogens is 3. The first-order chi connectivity index (χ1) is 23.7. The first-order valence-electron chi connectivity index (χ1n) is 17.0. The molecular formula is C39H37F3N4O3. The van der Waals surface area contributed by atoms with Gasteiger partial charge in [0.1, 0.15) is 0 Å². The summed E-state index contributed by atoms with van der Waals surface area (Å²) >= 11 is 0. The second-order valence-corrected chi connectivity index (χ2v) is 12.9. The third-order valence-corrected chi connectivity index (χ3v) is 9.74. The Labute approximate surface area is 283 Å². The largest absolute Gasteiger partial charge is 0.417 e. The minimum atomic E-state index is -4.49. The molecule has 0 atom stereocenters. The molecular weight excluding hydrogens is 629 g/mol. The molecule has 3 fully saturated rings. The lowest BCUT2D eigenvalue weighted by Gasteiger charge is -2.36. The van der Waals surface area contributed by atoms with E-state index in [9.17, 15) is 27.6 Å². The van der Waals surface area contributed by atoms with Crippen molar-refractivity contribution in [2.24, 2.45) is 0 Å². The van der Waals surface area contributed by atoms with Crippen molar-refractivity contribution in [1.29, 1.82) is 0 Å². The highest BCUT2D eigenvalue weighted by Gasteiger charge is 2.34. The number of hydrogen-bond donors (Lipinski definition) is 0. The summed E-state index contributed by atoms with van der Waals surface area (Å²) in [5.41, 5.74) is 4.79. The van der Waals surface area contributed by atoms with Crippen LogP contribution >= 0.6 is 0 Å². The maximum absolute atomic E-state index is 13.6. The summed E-state index contributed by atoms with van der Waals surface area (Å²) in [5, 5.41) is 0. The molecule has 3 amide bonds. The summed E-state index contributed by atoms with van der Waals surface area (Å²) < 4.78 is 40.9. The number of carbonyl (C=O) groups excluding carboxylic acids is 3. The van der Waals surface area contributed by atoms with Crippen LogP contribution in [0.25, 0.3) is 33.5 Å². The molecule has 0 radical (unpaired) electrons. The molecule has 0 saturated carbocycles. The van der Waals surface area contributed by atoms with Gasteiger partial charge in [-0.05, 0) is 73.9 Å². The minimum absolute atomic E-state index is 0.0199. The maximum atomic E-state index is 13.6. The molecule has 7 rings (SSSR count). The van der Waals surface area contributed by atoms with Crippen LogP contribution in [0.4, 0.5) is 30.2 Å². The van der Waals surface area contributed by atoms with Crippen molar-refractivity contribution in [3.05, 3.63) is 84.6 Å². The molecule has 0 N–H and O–H groups in total. The molecule has 0 bridgehead atoms. The lowest BCUT2D eigenvalue weighted by Crippen LogP contribution is -2.40. The maximum Gasteiger partial charge on any atom is 0.417 e. The van der Waals surface area contributed by atoms with Gasteiger partial charge in [-0.1, -0.05) is 48.5 Å². The molecule has 1 aromatic heterocycles. The lowest BCUT2D eigenvalue weighted by molar-refractivity contribution is -0.137. The summed E-state index contributed by atoms with van der Waals surface area (Å²) in [4.78, 5) is 49.6. The Morgan fingerprint density at radius 1 is 0.531 bits per heavy atom. The number of carbonyl (C=O) groups is 3. The highest BCUT2D eigenvalue weighted by Crippen LogP contribution is 2.44. The predicted octanol–water partition coefficient (Wildman–Crippen LogP) is 8.65. The fraction of sp³-hybridized carbons (Fsp3) is 0.333. The topological polar surface area (TPSA) is 73.8 Å². The van der Waals surface area contributed by atoms with Gasteiger partial charge in [-0.3, -0.25) is 19.4 Å². The Bertz CT molecular complexity index is 1890. The standard InChI is InChI=1S/C39H37F3N4O3/c40-39(41,42)31-10-2-1-9-29(31)32-19-18-28(25-43-32)26-14-16-27(17-15-26)30-23-34(45-21-7-4-12-37(45)48)35(46-22-8-5-13-38(46)49)24-33(30)44-20-6-3-11-36(44)47/h1-2,9-10,14-19,23-25H,3-8,11-13,20-22H2. The predicted molar refractivity (Wildman–Crippen MR) is 184 cm³/mol. The Balaban J connectivity index is 1.29. The molecule has 10 heteroatoms. The average Bonchev–Trinajstić information content (AvgIpc) is 3.12. The summed E-state index contributed by atoms with van der Waals surface area (Å²) in [6.07, 6.45) is 3.48. The van der Waals surface area contributed by atoms with Crippen LogP contribution in [0.2, 0.25) is 0 Å². The Kier molecular flexibility index (Phi) is 8.96. The van der Waals surface area contributed by atoms with E-state index in [0.29, 0.717) is 56.0 Å². The monoisotopic (exact) mass is 666 g/mol. The smallest absolute Gasteiger partial charge is 0.312 e. The van der Waals surface area contributed by atoms with Crippen LogP contribution < -0.4 is 14.7 Å². The van der Waals surface area contributed by atoms with Crippen molar-refractivity contribution >= 4 is 34.8 Å². The van der Waals surface area contributed by atoms with E-state index in [1.165, 1.54) is 12.1 Å². The number of anilines is 3. The van der Waals surface area contributed by atoms with Crippen molar-refractivity contribution in [1.82, 2.24) is 4.98 Å². The van der Waals surface area contributed by atoms with Gasteiger partial charge in [-0.2, -0.15) is 13.2 Å². The van der Waals surface area contributed by atoms with Crippen LogP contribution in [0, 0.1) is 0 Å². The third-order valence-electron chi connectivity index (χ3n) is 9.74. The number of rotatable bonds is 6. The van der Waals surface area contributed by atoms with Gasteiger partial charge in [0.2, 0.25) is 17.7 Å². The van der Waals surface area contributed by atoms with E-state index in [1.807, 2.05) is 41.3 Å². The second-order valence-electron chi connectivity index (χ2n) is 12.9. The second kappa shape index (κ2) is 13.5. The Morgan fingerprint density at radius 2 is 1.04 bits per heavy atom. The Morgan fingerprint density at radius 3 is 1.57 bits per heavy atom. The first-order valence-corrected chi connectivity index (χ1v) is 17.0. The van der Waals surface area contributed by atoms with E-state index in [4.69, 9.17) is 0 Å². The van der Waals surface area contributed by atoms with Crippen molar-refractivity contribution in [2.75, 3.05) is 34.3 Å². The van der Waals surface area contributed by atoms with Crippen LogP contribution in [-0.4, -0.2) is 42.3 Å². The number of alkyl halides is 3. The summed E-state index contributed by atoms with van der Waals surface area (Å²) in [7, 11) is 0. The van der Waals surface area contributed by atoms with Gasteiger partial charge in [0.25, 0.3) is 0 Å². The van der Waals surface area contributed by atoms with E-state index in [1.54, 1.807) is 34.2 Å². The summed E-state index contributed by atoms with van der Waals surface area (Å²) in [6.45, 7) is 1.68. The van der Waals surface area contributed by atoms with Gasteiger partial charge in [-0.15, -0.1) is 0 Å².